The lowest BCUT2D eigenvalue weighted by Gasteiger charge is -2.18. The zero-order valence-electron chi connectivity index (χ0n) is 24.1. The molecule has 0 aromatic rings. The lowest BCUT2D eigenvalue weighted by atomic mass is 10.0. The summed E-state index contributed by atoms with van der Waals surface area (Å²) in [6.45, 7) is 3.42. The molecule has 0 spiro atoms. The van der Waals surface area contributed by atoms with Crippen molar-refractivity contribution in [3.8, 4) is 0 Å². The number of allylic oxidation sites excluding steroid dienone is 2. The number of phosphoric acid groups is 1. The summed E-state index contributed by atoms with van der Waals surface area (Å²) in [7, 11) is -4.73. The van der Waals surface area contributed by atoms with Crippen molar-refractivity contribution in [3.05, 3.63) is 12.2 Å². The van der Waals surface area contributed by atoms with Crippen LogP contribution in [-0.4, -0.2) is 41.0 Å². The smallest absolute Gasteiger partial charge is 0.462 e. The van der Waals surface area contributed by atoms with Crippen LogP contribution >= 0.6 is 7.82 Å². The van der Waals surface area contributed by atoms with Crippen LogP contribution < -0.4 is 0 Å². The number of hydrogen-bond donors (Lipinski definition) is 2. The van der Waals surface area contributed by atoms with Crippen LogP contribution in [0.25, 0.3) is 0 Å². The Kier molecular flexibility index (Phi) is 25.2. The van der Waals surface area contributed by atoms with Crippen LogP contribution in [0, 0.1) is 0 Å². The van der Waals surface area contributed by atoms with Crippen molar-refractivity contribution >= 4 is 19.8 Å². The Bertz CT molecular complexity index is 646. The molecule has 0 unspecified atom stereocenters. The van der Waals surface area contributed by atoms with Gasteiger partial charge in [-0.05, 0) is 32.6 Å². The Hall–Kier alpha value is -1.21. The minimum atomic E-state index is -4.73. The molecule has 1 atom stereocenters. The number of carbonyl (C=O) groups is 2. The lowest BCUT2D eigenvalue weighted by molar-refractivity contribution is -0.161. The summed E-state index contributed by atoms with van der Waals surface area (Å²) in [4.78, 5) is 42.2. The Morgan fingerprint density at radius 3 is 1.68 bits per heavy atom. The number of rotatable bonds is 27. The summed E-state index contributed by atoms with van der Waals surface area (Å²) in [6.07, 6.45) is 24.0. The van der Waals surface area contributed by atoms with Crippen LogP contribution in [0.2, 0.25) is 0 Å². The van der Waals surface area contributed by atoms with E-state index in [1.54, 1.807) is 0 Å². The van der Waals surface area contributed by atoms with Crippen molar-refractivity contribution in [2.45, 2.75) is 148 Å². The maximum atomic E-state index is 12.2. The van der Waals surface area contributed by atoms with Crippen molar-refractivity contribution < 1.29 is 37.9 Å². The Morgan fingerprint density at radius 1 is 0.711 bits per heavy atom. The third-order valence-electron chi connectivity index (χ3n) is 6.38. The molecule has 224 valence electrons. The molecule has 0 heterocycles. The molecule has 0 saturated carbocycles. The number of carbonyl (C=O) groups excluding carboxylic acids is 2. The molecule has 0 aliphatic rings. The Balaban J connectivity index is 4.03. The van der Waals surface area contributed by atoms with Gasteiger partial charge in [0.15, 0.2) is 6.10 Å². The second-order valence-corrected chi connectivity index (χ2v) is 11.3. The molecule has 8 nitrogen and oxygen atoms in total. The minimum absolute atomic E-state index is 0.202. The van der Waals surface area contributed by atoms with E-state index in [-0.39, 0.29) is 19.4 Å². The first-order chi connectivity index (χ1) is 18.3. The first-order valence-corrected chi connectivity index (χ1v) is 16.5. The fraction of sp³-hybridized carbons (Fsp3) is 0.862. The van der Waals surface area contributed by atoms with Gasteiger partial charge in [-0.2, -0.15) is 0 Å². The number of hydrogen-bond acceptors (Lipinski definition) is 6. The highest BCUT2D eigenvalue weighted by Gasteiger charge is 2.22. The molecule has 0 radical (unpaired) electrons. The predicted octanol–water partition coefficient (Wildman–Crippen LogP) is 7.95. The molecule has 2 N–H and O–H groups in total. The van der Waals surface area contributed by atoms with Gasteiger partial charge in [-0.3, -0.25) is 14.1 Å². The standard InChI is InChI=1S/C29H55O8P/c1-3-5-7-9-11-13-14-15-16-18-19-21-23-28(30)35-25-27(26-36-38(32,33)34)37-29(31)24-22-20-17-12-10-8-6-4-2/h4,6,27H,3,5,7-26H2,1-2H3,(H2,32,33,34)/b6-4-/t27-/m1/s1. The van der Waals surface area contributed by atoms with Crippen molar-refractivity contribution in [3.63, 3.8) is 0 Å². The van der Waals surface area contributed by atoms with E-state index in [1.165, 1.54) is 57.8 Å². The molecule has 0 aliphatic carbocycles. The number of esters is 2. The number of unbranched alkanes of at least 4 members (excludes halogenated alkanes) is 16. The Morgan fingerprint density at radius 2 is 1.18 bits per heavy atom. The normalized spacial score (nSPS) is 12.6. The molecule has 0 fully saturated rings. The minimum Gasteiger partial charge on any atom is -0.462 e. The topological polar surface area (TPSA) is 119 Å². The summed E-state index contributed by atoms with van der Waals surface area (Å²) in [5.74, 6) is -0.900. The van der Waals surface area contributed by atoms with E-state index in [1.807, 2.05) is 13.0 Å². The van der Waals surface area contributed by atoms with Crippen LogP contribution in [0.4, 0.5) is 0 Å². The van der Waals surface area contributed by atoms with Crippen LogP contribution in [0.15, 0.2) is 12.2 Å². The summed E-state index contributed by atoms with van der Waals surface area (Å²) in [6, 6.07) is 0. The summed E-state index contributed by atoms with van der Waals surface area (Å²) >= 11 is 0. The first kappa shape index (κ1) is 36.8. The third-order valence-corrected chi connectivity index (χ3v) is 6.86. The highest BCUT2D eigenvalue weighted by atomic mass is 31.2. The maximum Gasteiger partial charge on any atom is 0.469 e. The second kappa shape index (κ2) is 26.0. The van der Waals surface area contributed by atoms with E-state index in [0.717, 1.165) is 51.4 Å². The Labute approximate surface area is 231 Å². The largest absolute Gasteiger partial charge is 0.469 e. The van der Waals surface area contributed by atoms with Crippen LogP contribution in [0.5, 0.6) is 0 Å². The molecule has 0 saturated heterocycles. The fourth-order valence-corrected chi connectivity index (χ4v) is 4.50. The van der Waals surface area contributed by atoms with Gasteiger partial charge in [0.05, 0.1) is 6.61 Å². The van der Waals surface area contributed by atoms with Gasteiger partial charge >= 0.3 is 19.8 Å². The molecule has 0 amide bonds. The number of ether oxygens (including phenoxy) is 2. The summed E-state index contributed by atoms with van der Waals surface area (Å²) < 4.78 is 26.0. The summed E-state index contributed by atoms with van der Waals surface area (Å²) in [5.41, 5.74) is 0. The van der Waals surface area contributed by atoms with Gasteiger partial charge in [0.1, 0.15) is 6.61 Å². The van der Waals surface area contributed by atoms with Gasteiger partial charge in [0, 0.05) is 12.8 Å². The van der Waals surface area contributed by atoms with E-state index in [4.69, 9.17) is 19.3 Å². The van der Waals surface area contributed by atoms with Gasteiger partial charge in [0.25, 0.3) is 0 Å². The van der Waals surface area contributed by atoms with Gasteiger partial charge in [0.2, 0.25) is 0 Å². The van der Waals surface area contributed by atoms with E-state index in [0.29, 0.717) is 6.42 Å². The first-order valence-electron chi connectivity index (χ1n) is 14.9. The molecular formula is C29H55O8P. The van der Waals surface area contributed by atoms with E-state index in [2.05, 4.69) is 17.5 Å². The van der Waals surface area contributed by atoms with Gasteiger partial charge in [-0.15, -0.1) is 0 Å². The molecule has 0 bridgehead atoms. The van der Waals surface area contributed by atoms with Crippen LogP contribution in [0.1, 0.15) is 142 Å². The van der Waals surface area contributed by atoms with Gasteiger partial charge in [-0.25, -0.2) is 4.57 Å². The van der Waals surface area contributed by atoms with E-state index in [9.17, 15) is 14.2 Å². The molecular weight excluding hydrogens is 507 g/mol. The molecule has 38 heavy (non-hydrogen) atoms. The average molecular weight is 563 g/mol. The zero-order chi connectivity index (χ0) is 28.3. The van der Waals surface area contributed by atoms with Crippen molar-refractivity contribution in [1.82, 2.24) is 0 Å². The lowest BCUT2D eigenvalue weighted by Crippen LogP contribution is -2.29. The fourth-order valence-electron chi connectivity index (χ4n) is 4.14. The molecule has 9 heteroatoms. The quantitative estimate of drug-likeness (QED) is 0.0448. The van der Waals surface area contributed by atoms with Crippen molar-refractivity contribution in [2.75, 3.05) is 13.2 Å². The molecule has 0 aromatic carbocycles. The summed E-state index contributed by atoms with van der Waals surface area (Å²) in [5, 5.41) is 0. The van der Waals surface area contributed by atoms with Crippen molar-refractivity contribution in [2.24, 2.45) is 0 Å². The zero-order valence-corrected chi connectivity index (χ0v) is 25.0. The monoisotopic (exact) mass is 562 g/mol. The molecule has 0 aliphatic heterocycles. The van der Waals surface area contributed by atoms with Crippen LogP contribution in [0.3, 0.4) is 0 Å². The van der Waals surface area contributed by atoms with Gasteiger partial charge in [-0.1, -0.05) is 109 Å². The molecule has 0 rings (SSSR count). The maximum absolute atomic E-state index is 12.2. The van der Waals surface area contributed by atoms with Gasteiger partial charge < -0.3 is 19.3 Å². The van der Waals surface area contributed by atoms with E-state index < -0.39 is 32.5 Å². The average Bonchev–Trinajstić information content (AvgIpc) is 2.87. The van der Waals surface area contributed by atoms with E-state index >= 15 is 0 Å². The highest BCUT2D eigenvalue weighted by Crippen LogP contribution is 2.35. The SMILES string of the molecule is C/C=C\CCCCCCCC(=O)O[C@H](COC(=O)CCCCCCCCCCCCCC)COP(=O)(O)O. The second-order valence-electron chi connectivity index (χ2n) is 10.1. The van der Waals surface area contributed by atoms with Crippen molar-refractivity contribution in [1.29, 1.82) is 0 Å². The third kappa shape index (κ3) is 27.8. The highest BCUT2D eigenvalue weighted by molar-refractivity contribution is 7.46. The molecule has 0 aromatic heterocycles. The predicted molar refractivity (Wildman–Crippen MR) is 152 cm³/mol. The number of phosphoric ester groups is 1. The van der Waals surface area contributed by atoms with Crippen LogP contribution in [-0.2, 0) is 28.2 Å².